The Labute approximate surface area is 258 Å². The van der Waals surface area contributed by atoms with Crippen molar-refractivity contribution in [3.63, 3.8) is 0 Å². The van der Waals surface area contributed by atoms with E-state index in [1.807, 2.05) is 30.3 Å². The summed E-state index contributed by atoms with van der Waals surface area (Å²) in [6.07, 6.45) is 3.99. The standard InChI is InChI=1S/C34H39N7O3/c1-38-15-7-11-26(38)23-43-33-36-30-21-40(31-14-13-25-10-5-6-12-28(25)31)20-29(30)32(37-33)39-16-17-41(27(18-35)19-39)34(42)44-22-24-8-3-2-4-9-24/h2-6,8-10,12,26-27,31H,7,11,13-17,19-23H2,1H3/t26-,27-,31?/m0/s1. The van der Waals surface area contributed by atoms with Gasteiger partial charge in [-0.3, -0.25) is 9.80 Å². The van der Waals surface area contributed by atoms with E-state index in [1.54, 1.807) is 0 Å². The number of piperazine rings is 1. The highest BCUT2D eigenvalue weighted by atomic mass is 16.6. The number of hydrogen-bond acceptors (Lipinski definition) is 9. The largest absolute Gasteiger partial charge is 0.462 e. The van der Waals surface area contributed by atoms with Gasteiger partial charge in [0.1, 0.15) is 25.1 Å². The van der Waals surface area contributed by atoms with Crippen molar-refractivity contribution in [2.45, 2.75) is 63.5 Å². The van der Waals surface area contributed by atoms with Crippen LogP contribution in [0.4, 0.5) is 10.6 Å². The topological polar surface area (TPSA) is 98.1 Å². The molecule has 2 aromatic carbocycles. The predicted octanol–water partition coefficient (Wildman–Crippen LogP) is 4.30. The Morgan fingerprint density at radius 3 is 2.68 bits per heavy atom. The molecule has 10 heteroatoms. The van der Waals surface area contributed by atoms with Gasteiger partial charge < -0.3 is 19.3 Å². The normalized spacial score (nSPS) is 23.3. The number of nitrogens with zero attached hydrogens (tertiary/aromatic N) is 7. The maximum atomic E-state index is 13.0. The molecule has 0 saturated carbocycles. The van der Waals surface area contributed by atoms with Gasteiger partial charge in [-0.15, -0.1) is 0 Å². The van der Waals surface area contributed by atoms with Crippen molar-refractivity contribution < 1.29 is 14.3 Å². The van der Waals surface area contributed by atoms with Gasteiger partial charge >= 0.3 is 12.1 Å². The molecule has 0 radical (unpaired) electrons. The SMILES string of the molecule is CN1CCC[C@H]1COc1nc2c(c(N3CCN(C(=O)OCc4ccccc4)[C@@H](C#N)C3)n1)CN(C1CCc3ccccc31)C2. The van der Waals surface area contributed by atoms with Crippen molar-refractivity contribution in [1.82, 2.24) is 24.7 Å². The zero-order valence-electron chi connectivity index (χ0n) is 25.3. The summed E-state index contributed by atoms with van der Waals surface area (Å²) in [5, 5.41) is 10.1. The van der Waals surface area contributed by atoms with Gasteiger partial charge in [-0.2, -0.15) is 15.2 Å². The number of amides is 1. The second kappa shape index (κ2) is 12.4. The van der Waals surface area contributed by atoms with Crippen LogP contribution in [0.5, 0.6) is 6.01 Å². The molecule has 44 heavy (non-hydrogen) atoms. The molecular weight excluding hydrogens is 554 g/mol. The van der Waals surface area contributed by atoms with Gasteiger partial charge in [0, 0.05) is 43.8 Å². The summed E-state index contributed by atoms with van der Waals surface area (Å²) >= 11 is 0. The Hall–Kier alpha value is -4.20. The second-order valence-electron chi connectivity index (χ2n) is 12.3. The fourth-order valence-electron chi connectivity index (χ4n) is 7.17. The molecule has 1 unspecified atom stereocenters. The highest BCUT2D eigenvalue weighted by Gasteiger charge is 2.38. The summed E-state index contributed by atoms with van der Waals surface area (Å²) in [6, 6.07) is 21.1. The highest BCUT2D eigenvalue weighted by Crippen LogP contribution is 2.42. The number of likely N-dealkylation sites (N-methyl/N-ethyl adjacent to an activating group) is 1. The van der Waals surface area contributed by atoms with E-state index in [0.29, 0.717) is 44.3 Å². The van der Waals surface area contributed by atoms with Crippen LogP contribution in [0.25, 0.3) is 0 Å². The number of benzene rings is 2. The van der Waals surface area contributed by atoms with Crippen LogP contribution in [0.15, 0.2) is 54.6 Å². The van der Waals surface area contributed by atoms with Crippen LogP contribution in [-0.4, -0.2) is 82.7 Å². The minimum Gasteiger partial charge on any atom is -0.462 e. The van der Waals surface area contributed by atoms with E-state index in [-0.39, 0.29) is 6.61 Å². The lowest BCUT2D eigenvalue weighted by Gasteiger charge is -2.38. The van der Waals surface area contributed by atoms with Gasteiger partial charge in [-0.25, -0.2) is 4.79 Å². The van der Waals surface area contributed by atoms with E-state index < -0.39 is 12.1 Å². The number of aromatic nitrogens is 2. The van der Waals surface area contributed by atoms with E-state index in [9.17, 15) is 10.1 Å². The van der Waals surface area contributed by atoms with Crippen molar-refractivity contribution in [1.29, 1.82) is 5.26 Å². The molecule has 3 atom stereocenters. The zero-order chi connectivity index (χ0) is 30.0. The van der Waals surface area contributed by atoms with Crippen LogP contribution in [0.3, 0.4) is 0 Å². The van der Waals surface area contributed by atoms with Crippen molar-refractivity contribution in [3.05, 3.63) is 82.5 Å². The summed E-state index contributed by atoms with van der Waals surface area (Å²) in [5.41, 5.74) is 5.83. The Bertz CT molecular complexity index is 1540. The molecule has 2 fully saturated rings. The van der Waals surface area contributed by atoms with Gasteiger partial charge in [-0.1, -0.05) is 54.6 Å². The van der Waals surface area contributed by atoms with E-state index >= 15 is 0 Å². The molecule has 7 rings (SSSR count). The summed E-state index contributed by atoms with van der Waals surface area (Å²) < 4.78 is 11.8. The fraction of sp³-hybridized carbons (Fsp3) is 0.471. The number of hydrogen-bond donors (Lipinski definition) is 0. The van der Waals surface area contributed by atoms with Crippen LogP contribution >= 0.6 is 0 Å². The first-order chi connectivity index (χ1) is 21.6. The Morgan fingerprint density at radius 1 is 1.02 bits per heavy atom. The predicted molar refractivity (Wildman–Crippen MR) is 165 cm³/mol. The van der Waals surface area contributed by atoms with Gasteiger partial charge in [0.25, 0.3) is 0 Å². The Balaban J connectivity index is 1.11. The number of carbonyl (C=O) groups is 1. The molecule has 1 aliphatic carbocycles. The van der Waals surface area contributed by atoms with Crippen LogP contribution in [0.2, 0.25) is 0 Å². The van der Waals surface area contributed by atoms with Gasteiger partial charge in [0.05, 0.1) is 18.3 Å². The molecule has 4 aliphatic rings. The number of aryl methyl sites for hydroxylation is 1. The maximum Gasteiger partial charge on any atom is 0.411 e. The molecule has 3 aliphatic heterocycles. The van der Waals surface area contributed by atoms with Crippen LogP contribution < -0.4 is 9.64 Å². The molecule has 0 N–H and O–H groups in total. The number of fused-ring (bicyclic) bond motifs is 2. The van der Waals surface area contributed by atoms with Gasteiger partial charge in [-0.05, 0) is 56.0 Å². The van der Waals surface area contributed by atoms with E-state index in [0.717, 1.165) is 61.5 Å². The molecular formula is C34H39N7O3. The molecule has 0 bridgehead atoms. The average Bonchev–Trinajstić information content (AvgIpc) is 3.80. The van der Waals surface area contributed by atoms with Crippen molar-refractivity contribution in [2.75, 3.05) is 44.7 Å². The number of nitriles is 1. The fourth-order valence-corrected chi connectivity index (χ4v) is 7.17. The lowest BCUT2D eigenvalue weighted by Crippen LogP contribution is -2.55. The maximum absolute atomic E-state index is 13.0. The number of ether oxygens (including phenoxy) is 2. The van der Waals surface area contributed by atoms with Gasteiger partial charge in [0.2, 0.25) is 0 Å². The molecule has 0 spiro atoms. The third-order valence-electron chi connectivity index (χ3n) is 9.65. The van der Waals surface area contributed by atoms with E-state index in [2.05, 4.69) is 52.1 Å². The molecule has 10 nitrogen and oxygen atoms in total. The smallest absolute Gasteiger partial charge is 0.411 e. The number of anilines is 1. The third-order valence-corrected chi connectivity index (χ3v) is 9.65. The van der Waals surface area contributed by atoms with Crippen LogP contribution in [0, 0.1) is 11.3 Å². The quantitative estimate of drug-likeness (QED) is 0.397. The van der Waals surface area contributed by atoms with Gasteiger partial charge in [0.15, 0.2) is 0 Å². The molecule has 228 valence electrons. The minimum atomic E-state index is -0.659. The average molecular weight is 594 g/mol. The first kappa shape index (κ1) is 28.6. The lowest BCUT2D eigenvalue weighted by atomic mass is 10.1. The molecule has 2 saturated heterocycles. The third kappa shape index (κ3) is 5.70. The van der Waals surface area contributed by atoms with Crippen LogP contribution in [0.1, 0.15) is 53.3 Å². The monoisotopic (exact) mass is 593 g/mol. The molecule has 1 amide bonds. The number of rotatable bonds is 7. The summed E-state index contributed by atoms with van der Waals surface area (Å²) in [6.45, 7) is 4.54. The number of likely N-dealkylation sites (tertiary alicyclic amines) is 1. The van der Waals surface area contributed by atoms with Crippen LogP contribution in [-0.2, 0) is 30.9 Å². The van der Waals surface area contributed by atoms with E-state index in [1.165, 1.54) is 22.4 Å². The zero-order valence-corrected chi connectivity index (χ0v) is 25.3. The molecule has 1 aromatic heterocycles. The molecule has 3 aromatic rings. The van der Waals surface area contributed by atoms with Crippen molar-refractivity contribution >= 4 is 11.9 Å². The Kier molecular flexibility index (Phi) is 8.07. The molecule has 4 heterocycles. The highest BCUT2D eigenvalue weighted by molar-refractivity contribution is 5.69. The van der Waals surface area contributed by atoms with E-state index in [4.69, 9.17) is 19.4 Å². The summed E-state index contributed by atoms with van der Waals surface area (Å²) in [4.78, 5) is 31.5. The minimum absolute atomic E-state index is 0.175. The lowest BCUT2D eigenvalue weighted by molar-refractivity contribution is 0.0850. The Morgan fingerprint density at radius 2 is 1.86 bits per heavy atom. The summed E-state index contributed by atoms with van der Waals surface area (Å²) in [7, 11) is 2.14. The first-order valence-corrected chi connectivity index (χ1v) is 15.7. The second-order valence-corrected chi connectivity index (χ2v) is 12.3. The van der Waals surface area contributed by atoms with Crippen molar-refractivity contribution in [3.8, 4) is 12.1 Å². The number of carbonyl (C=O) groups excluding carboxylic acids is 1. The van der Waals surface area contributed by atoms with Crippen molar-refractivity contribution in [2.24, 2.45) is 0 Å². The first-order valence-electron chi connectivity index (χ1n) is 15.7. The summed E-state index contributed by atoms with van der Waals surface area (Å²) in [5.74, 6) is 0.816.